The van der Waals surface area contributed by atoms with E-state index in [2.05, 4.69) is 15.3 Å². The van der Waals surface area contributed by atoms with Crippen molar-refractivity contribution in [3.05, 3.63) is 64.8 Å². The highest BCUT2D eigenvalue weighted by atomic mass is 35.5. The number of aromatic nitrogens is 2. The van der Waals surface area contributed by atoms with Gasteiger partial charge in [0.05, 0.1) is 18.7 Å². The lowest BCUT2D eigenvalue weighted by Gasteiger charge is -2.11. The Morgan fingerprint density at radius 3 is 2.33 bits per heavy atom. The van der Waals surface area contributed by atoms with Crippen molar-refractivity contribution in [2.24, 2.45) is 0 Å². The van der Waals surface area contributed by atoms with Gasteiger partial charge in [-0.15, -0.1) is 0 Å². The SMILES string of the molecule is COc1cc(F)c(Oc2cc(Cl)nc(Nc3ccc(C#N)cc3)n2)c(F)c1. The lowest BCUT2D eigenvalue weighted by Crippen LogP contribution is -2.01. The maximum atomic E-state index is 14.0. The van der Waals surface area contributed by atoms with Gasteiger partial charge in [0, 0.05) is 23.9 Å². The Bertz CT molecular complexity index is 1000. The van der Waals surface area contributed by atoms with E-state index >= 15 is 0 Å². The van der Waals surface area contributed by atoms with E-state index in [1.165, 1.54) is 13.2 Å². The molecule has 3 rings (SSSR count). The fraction of sp³-hybridized carbons (Fsp3) is 0.0556. The van der Waals surface area contributed by atoms with Crippen molar-refractivity contribution in [1.29, 1.82) is 5.26 Å². The minimum absolute atomic E-state index is 0.00507. The van der Waals surface area contributed by atoms with E-state index in [0.29, 0.717) is 11.3 Å². The number of nitriles is 1. The van der Waals surface area contributed by atoms with Gasteiger partial charge in [0.2, 0.25) is 17.6 Å². The fourth-order valence-corrected chi connectivity index (χ4v) is 2.29. The summed E-state index contributed by atoms with van der Waals surface area (Å²) in [7, 11) is 1.29. The molecule has 3 aromatic rings. The number of ether oxygens (including phenoxy) is 2. The van der Waals surface area contributed by atoms with Gasteiger partial charge in [0.1, 0.15) is 10.9 Å². The number of hydrogen-bond donors (Lipinski definition) is 1. The largest absolute Gasteiger partial charge is 0.497 e. The summed E-state index contributed by atoms with van der Waals surface area (Å²) in [5, 5.41) is 11.7. The van der Waals surface area contributed by atoms with Crippen LogP contribution < -0.4 is 14.8 Å². The molecule has 0 aliphatic carbocycles. The third-order valence-corrected chi connectivity index (χ3v) is 3.55. The van der Waals surface area contributed by atoms with E-state index in [-0.39, 0.29) is 22.7 Å². The molecule has 0 bridgehead atoms. The van der Waals surface area contributed by atoms with Crippen LogP contribution in [0.5, 0.6) is 17.4 Å². The minimum Gasteiger partial charge on any atom is -0.497 e. The van der Waals surface area contributed by atoms with Crippen LogP contribution in [0.15, 0.2) is 42.5 Å². The van der Waals surface area contributed by atoms with Gasteiger partial charge in [-0.2, -0.15) is 10.2 Å². The van der Waals surface area contributed by atoms with Gasteiger partial charge in [-0.1, -0.05) is 11.6 Å². The molecule has 1 N–H and O–H groups in total. The number of nitrogens with one attached hydrogen (secondary N) is 1. The second kappa shape index (κ2) is 7.85. The molecule has 0 atom stereocenters. The van der Waals surface area contributed by atoms with E-state index in [1.807, 2.05) is 6.07 Å². The van der Waals surface area contributed by atoms with Gasteiger partial charge in [-0.25, -0.2) is 13.8 Å². The lowest BCUT2D eigenvalue weighted by atomic mass is 10.2. The van der Waals surface area contributed by atoms with Crippen LogP contribution in [0.3, 0.4) is 0 Å². The molecular formula is C18H11ClF2N4O2. The molecule has 0 saturated carbocycles. The van der Waals surface area contributed by atoms with Crippen molar-refractivity contribution < 1.29 is 18.3 Å². The lowest BCUT2D eigenvalue weighted by molar-refractivity contribution is 0.376. The first-order chi connectivity index (χ1) is 13.0. The third-order valence-electron chi connectivity index (χ3n) is 3.36. The number of hydrogen-bond acceptors (Lipinski definition) is 6. The second-order valence-corrected chi connectivity index (χ2v) is 5.58. The Kier molecular flexibility index (Phi) is 5.33. The average Bonchev–Trinajstić information content (AvgIpc) is 2.64. The third kappa shape index (κ3) is 4.40. The Labute approximate surface area is 158 Å². The molecule has 1 aromatic heterocycles. The first-order valence-corrected chi connectivity index (χ1v) is 7.89. The van der Waals surface area contributed by atoms with Crippen LogP contribution >= 0.6 is 11.6 Å². The quantitative estimate of drug-likeness (QED) is 0.631. The molecule has 0 aliphatic rings. The topological polar surface area (TPSA) is 80.1 Å². The molecule has 0 aliphatic heterocycles. The van der Waals surface area contributed by atoms with Gasteiger partial charge >= 0.3 is 0 Å². The van der Waals surface area contributed by atoms with E-state index in [1.54, 1.807) is 24.3 Å². The standard InChI is InChI=1S/C18H11ClF2N4O2/c1-26-12-6-13(20)17(14(21)7-12)27-16-8-15(19)24-18(25-16)23-11-4-2-10(9-22)3-5-11/h2-8H,1H3,(H,23,24,25). The summed E-state index contributed by atoms with van der Waals surface area (Å²) in [6.45, 7) is 0. The van der Waals surface area contributed by atoms with Crippen molar-refractivity contribution >= 4 is 23.2 Å². The summed E-state index contributed by atoms with van der Waals surface area (Å²) in [5.74, 6) is -2.65. The van der Waals surface area contributed by atoms with Crippen molar-refractivity contribution in [3.63, 3.8) is 0 Å². The number of benzene rings is 2. The summed E-state index contributed by atoms with van der Waals surface area (Å²) < 4.78 is 38.1. The maximum Gasteiger partial charge on any atom is 0.231 e. The molecule has 2 aromatic carbocycles. The van der Waals surface area contributed by atoms with Crippen LogP contribution in [0.1, 0.15) is 5.56 Å². The first-order valence-electron chi connectivity index (χ1n) is 7.51. The van der Waals surface area contributed by atoms with Crippen LogP contribution in [-0.4, -0.2) is 17.1 Å². The van der Waals surface area contributed by atoms with E-state index in [0.717, 1.165) is 12.1 Å². The van der Waals surface area contributed by atoms with Crippen molar-refractivity contribution in [2.45, 2.75) is 0 Å². The van der Waals surface area contributed by atoms with Crippen molar-refractivity contribution in [2.75, 3.05) is 12.4 Å². The second-order valence-electron chi connectivity index (χ2n) is 5.19. The van der Waals surface area contributed by atoms with E-state index in [4.69, 9.17) is 26.3 Å². The van der Waals surface area contributed by atoms with Gasteiger partial charge < -0.3 is 14.8 Å². The number of halogens is 3. The summed E-state index contributed by atoms with van der Waals surface area (Å²) in [6, 6.07) is 11.7. The van der Waals surface area contributed by atoms with Gasteiger partial charge in [-0.05, 0) is 24.3 Å². The van der Waals surface area contributed by atoms with Crippen LogP contribution in [0.25, 0.3) is 0 Å². The monoisotopic (exact) mass is 388 g/mol. The molecule has 136 valence electrons. The smallest absolute Gasteiger partial charge is 0.231 e. The van der Waals surface area contributed by atoms with Crippen molar-refractivity contribution in [1.82, 2.24) is 9.97 Å². The molecule has 0 radical (unpaired) electrons. The zero-order chi connectivity index (χ0) is 19.4. The van der Waals surface area contributed by atoms with Crippen LogP contribution in [0.4, 0.5) is 20.4 Å². The molecule has 0 amide bonds. The summed E-state index contributed by atoms with van der Waals surface area (Å²) in [6.07, 6.45) is 0. The number of rotatable bonds is 5. The molecule has 0 spiro atoms. The van der Waals surface area contributed by atoms with Crippen LogP contribution in [-0.2, 0) is 0 Å². The summed E-state index contributed by atoms with van der Waals surface area (Å²) in [5.41, 5.74) is 1.08. The molecule has 0 saturated heterocycles. The predicted molar refractivity (Wildman–Crippen MR) is 94.5 cm³/mol. The van der Waals surface area contributed by atoms with Gasteiger partial charge in [-0.3, -0.25) is 0 Å². The zero-order valence-electron chi connectivity index (χ0n) is 13.8. The van der Waals surface area contributed by atoms with Gasteiger partial charge in [0.15, 0.2) is 11.6 Å². The Hall–Kier alpha value is -3.44. The van der Waals surface area contributed by atoms with E-state index in [9.17, 15) is 8.78 Å². The Balaban J connectivity index is 1.86. The normalized spacial score (nSPS) is 10.2. The molecule has 1 heterocycles. The Morgan fingerprint density at radius 2 is 1.74 bits per heavy atom. The molecule has 0 unspecified atom stereocenters. The summed E-state index contributed by atoms with van der Waals surface area (Å²) in [4.78, 5) is 8.01. The minimum atomic E-state index is -0.955. The summed E-state index contributed by atoms with van der Waals surface area (Å²) >= 11 is 5.94. The highest BCUT2D eigenvalue weighted by Gasteiger charge is 2.16. The molecule has 0 fully saturated rings. The van der Waals surface area contributed by atoms with E-state index < -0.39 is 17.4 Å². The maximum absolute atomic E-state index is 14.0. The first kappa shape index (κ1) is 18.4. The average molecular weight is 389 g/mol. The molecule has 6 nitrogen and oxygen atoms in total. The number of nitrogens with zero attached hydrogens (tertiary/aromatic N) is 3. The molecule has 27 heavy (non-hydrogen) atoms. The van der Waals surface area contributed by atoms with Gasteiger partial charge in [0.25, 0.3) is 0 Å². The Morgan fingerprint density at radius 1 is 1.07 bits per heavy atom. The van der Waals surface area contributed by atoms with Crippen LogP contribution in [0.2, 0.25) is 5.15 Å². The fourth-order valence-electron chi connectivity index (χ4n) is 2.12. The van der Waals surface area contributed by atoms with Crippen molar-refractivity contribution in [3.8, 4) is 23.4 Å². The molecule has 9 heteroatoms. The highest BCUT2D eigenvalue weighted by molar-refractivity contribution is 6.29. The number of anilines is 2. The zero-order valence-corrected chi connectivity index (χ0v) is 14.6. The van der Waals surface area contributed by atoms with Crippen LogP contribution in [0, 0.1) is 23.0 Å². The number of methoxy groups -OCH3 is 1. The highest BCUT2D eigenvalue weighted by Crippen LogP contribution is 2.31. The predicted octanol–water partition coefficient (Wildman–Crippen LogP) is 4.82. The molecular weight excluding hydrogens is 378 g/mol.